The van der Waals surface area contributed by atoms with E-state index in [9.17, 15) is 9.90 Å². The fraction of sp³-hybridized carbons (Fsp3) is 0.522. The van der Waals surface area contributed by atoms with E-state index in [1.165, 1.54) is 18.4 Å². The molecule has 4 rings (SSSR count). The van der Waals surface area contributed by atoms with Crippen LogP contribution in [0.2, 0.25) is 0 Å². The summed E-state index contributed by atoms with van der Waals surface area (Å²) in [4.78, 5) is 24.6. The molecule has 30 heavy (non-hydrogen) atoms. The van der Waals surface area contributed by atoms with Gasteiger partial charge in [0.05, 0.1) is 12.7 Å². The maximum absolute atomic E-state index is 12.5. The van der Waals surface area contributed by atoms with E-state index in [1.807, 2.05) is 18.2 Å². The molecule has 1 aliphatic heterocycles. The molecule has 0 spiro atoms. The minimum Gasteiger partial charge on any atom is -0.389 e. The maximum Gasteiger partial charge on any atom is 0.223 e. The van der Waals surface area contributed by atoms with Crippen molar-refractivity contribution in [2.24, 2.45) is 5.92 Å². The minimum atomic E-state index is -0.668. The number of aromatic nitrogens is 2. The first-order valence-corrected chi connectivity index (χ1v) is 10.8. The zero-order valence-corrected chi connectivity index (χ0v) is 17.5. The second kappa shape index (κ2) is 9.53. The predicted octanol–water partition coefficient (Wildman–Crippen LogP) is 1.97. The zero-order valence-electron chi connectivity index (χ0n) is 17.5. The van der Waals surface area contributed by atoms with Crippen LogP contribution < -0.4 is 10.2 Å². The zero-order chi connectivity index (χ0) is 20.9. The summed E-state index contributed by atoms with van der Waals surface area (Å²) >= 11 is 0. The van der Waals surface area contributed by atoms with Crippen molar-refractivity contribution in [3.63, 3.8) is 0 Å². The summed E-state index contributed by atoms with van der Waals surface area (Å²) in [6.07, 6.45) is 4.05. The van der Waals surface area contributed by atoms with Crippen LogP contribution in [0.25, 0.3) is 11.4 Å². The molecule has 2 aliphatic rings. The van der Waals surface area contributed by atoms with Crippen LogP contribution in [-0.4, -0.2) is 60.4 Å². The van der Waals surface area contributed by atoms with Crippen LogP contribution in [-0.2, 0) is 22.4 Å². The Hall–Kier alpha value is -2.51. The van der Waals surface area contributed by atoms with Crippen molar-refractivity contribution in [2.75, 3.05) is 38.3 Å². The minimum absolute atomic E-state index is 0.0164. The summed E-state index contributed by atoms with van der Waals surface area (Å²) in [5, 5.41) is 12.6. The lowest BCUT2D eigenvalue weighted by Crippen LogP contribution is -2.43. The van der Waals surface area contributed by atoms with E-state index in [1.54, 1.807) is 0 Å². The van der Waals surface area contributed by atoms with Crippen LogP contribution in [0.1, 0.15) is 30.5 Å². The van der Waals surface area contributed by atoms with Gasteiger partial charge in [-0.3, -0.25) is 4.79 Å². The molecule has 0 bridgehead atoms. The van der Waals surface area contributed by atoms with Crippen LogP contribution in [0.4, 0.5) is 5.82 Å². The largest absolute Gasteiger partial charge is 0.389 e. The van der Waals surface area contributed by atoms with Gasteiger partial charge in [0, 0.05) is 49.5 Å². The van der Waals surface area contributed by atoms with E-state index in [0.29, 0.717) is 0 Å². The van der Waals surface area contributed by atoms with Crippen molar-refractivity contribution in [1.29, 1.82) is 0 Å². The van der Waals surface area contributed by atoms with Gasteiger partial charge < -0.3 is 20.1 Å². The lowest BCUT2D eigenvalue weighted by molar-refractivity contribution is -0.126. The van der Waals surface area contributed by atoms with Gasteiger partial charge in [-0.25, -0.2) is 9.97 Å². The number of fused-ring (bicyclic) bond motifs is 1. The molecule has 1 aromatic heterocycles. The van der Waals surface area contributed by atoms with Gasteiger partial charge in [0.2, 0.25) is 5.91 Å². The molecule has 0 radical (unpaired) electrons. The number of ether oxygens (including phenoxy) is 1. The van der Waals surface area contributed by atoms with E-state index in [4.69, 9.17) is 14.7 Å². The van der Waals surface area contributed by atoms with Gasteiger partial charge >= 0.3 is 0 Å². The molecular weight excluding hydrogens is 380 g/mol. The summed E-state index contributed by atoms with van der Waals surface area (Å²) in [5.41, 5.74) is 3.49. The molecule has 0 saturated carbocycles. The number of benzene rings is 1. The van der Waals surface area contributed by atoms with E-state index in [-0.39, 0.29) is 25.0 Å². The highest BCUT2D eigenvalue weighted by Crippen LogP contribution is 2.33. The Morgan fingerprint density at radius 2 is 2.00 bits per heavy atom. The summed E-state index contributed by atoms with van der Waals surface area (Å²) in [7, 11) is 1.54. The molecule has 2 heterocycles. The molecule has 160 valence electrons. The Bertz CT molecular complexity index is 866. The Labute approximate surface area is 177 Å². The number of nitrogens with one attached hydrogen (secondary N) is 1. The molecule has 1 atom stereocenters. The van der Waals surface area contributed by atoms with Crippen LogP contribution >= 0.6 is 0 Å². The second-order valence-corrected chi connectivity index (χ2v) is 8.13. The molecule has 2 N–H and O–H groups in total. The molecular formula is C23H30N4O3. The average molecular weight is 411 g/mol. The van der Waals surface area contributed by atoms with Crippen molar-refractivity contribution in [3.05, 3.63) is 41.6 Å². The molecule has 1 aliphatic carbocycles. The number of aliphatic hydroxyl groups excluding tert-OH is 1. The highest BCUT2D eigenvalue weighted by molar-refractivity contribution is 5.79. The molecule has 1 aromatic carbocycles. The number of rotatable bonds is 7. The fourth-order valence-electron chi connectivity index (χ4n) is 4.36. The molecule has 0 unspecified atom stereocenters. The Morgan fingerprint density at radius 1 is 1.23 bits per heavy atom. The normalized spacial score (nSPS) is 17.6. The quantitative estimate of drug-likeness (QED) is 0.726. The second-order valence-electron chi connectivity index (χ2n) is 8.13. The first kappa shape index (κ1) is 20.8. The number of aliphatic hydroxyl groups is 1. The summed E-state index contributed by atoms with van der Waals surface area (Å²) in [5.74, 6) is 1.83. The van der Waals surface area contributed by atoms with E-state index in [0.717, 1.165) is 62.4 Å². The van der Waals surface area contributed by atoms with Crippen molar-refractivity contribution >= 4 is 11.7 Å². The number of nitrogens with zero attached hydrogens (tertiary/aromatic N) is 3. The van der Waals surface area contributed by atoms with Crippen LogP contribution in [0.5, 0.6) is 0 Å². The van der Waals surface area contributed by atoms with Crippen molar-refractivity contribution in [2.45, 2.75) is 38.2 Å². The number of aryl methyl sites for hydroxylation is 1. The number of methoxy groups -OCH3 is 1. The third kappa shape index (κ3) is 4.63. The number of hydrogen-bond acceptors (Lipinski definition) is 6. The number of carbonyl (C=O) groups excluding carboxylic acids is 1. The van der Waals surface area contributed by atoms with Crippen molar-refractivity contribution in [3.8, 4) is 11.4 Å². The molecule has 7 nitrogen and oxygen atoms in total. The smallest absolute Gasteiger partial charge is 0.223 e. The highest BCUT2D eigenvalue weighted by Gasteiger charge is 2.29. The molecule has 1 fully saturated rings. The molecule has 1 saturated heterocycles. The molecule has 7 heteroatoms. The summed E-state index contributed by atoms with van der Waals surface area (Å²) in [6.45, 7) is 2.06. The lowest BCUT2D eigenvalue weighted by Gasteiger charge is -2.33. The van der Waals surface area contributed by atoms with Crippen molar-refractivity contribution < 1.29 is 14.6 Å². The standard InChI is InChI=1S/C23H30N4O3/c1-30-15-18(28)14-24-23(29)17-10-12-27(13-11-17)22-19-8-5-9-20(19)25-21(26-22)16-6-3-2-4-7-16/h2-4,6-7,17-18,28H,5,8-15H2,1H3,(H,24,29)/t18-/m0/s1. The first-order valence-electron chi connectivity index (χ1n) is 10.8. The van der Waals surface area contributed by atoms with Crippen LogP contribution in [0.3, 0.4) is 0 Å². The predicted molar refractivity (Wildman–Crippen MR) is 115 cm³/mol. The third-order valence-electron chi connectivity index (χ3n) is 5.98. The van der Waals surface area contributed by atoms with E-state index < -0.39 is 6.10 Å². The van der Waals surface area contributed by atoms with Gasteiger partial charge in [-0.1, -0.05) is 30.3 Å². The molecule has 1 amide bonds. The monoisotopic (exact) mass is 410 g/mol. The number of piperidine rings is 1. The third-order valence-corrected chi connectivity index (χ3v) is 5.98. The lowest BCUT2D eigenvalue weighted by atomic mass is 9.95. The summed E-state index contributed by atoms with van der Waals surface area (Å²) < 4.78 is 4.90. The fourth-order valence-corrected chi connectivity index (χ4v) is 4.36. The van der Waals surface area contributed by atoms with E-state index in [2.05, 4.69) is 22.3 Å². The van der Waals surface area contributed by atoms with E-state index >= 15 is 0 Å². The SMILES string of the molecule is COC[C@@H](O)CNC(=O)C1CCN(c2nc(-c3ccccc3)nc3c2CCC3)CC1. The number of hydrogen-bond donors (Lipinski definition) is 2. The Balaban J connectivity index is 1.43. The molecule has 2 aromatic rings. The highest BCUT2D eigenvalue weighted by atomic mass is 16.5. The first-order chi connectivity index (χ1) is 14.7. The van der Waals surface area contributed by atoms with Gasteiger partial charge in [-0.05, 0) is 32.1 Å². The van der Waals surface area contributed by atoms with Crippen molar-refractivity contribution in [1.82, 2.24) is 15.3 Å². The van der Waals surface area contributed by atoms with Gasteiger partial charge in [0.25, 0.3) is 0 Å². The summed E-state index contributed by atoms with van der Waals surface area (Å²) in [6, 6.07) is 10.1. The van der Waals surface area contributed by atoms with Gasteiger partial charge in [-0.15, -0.1) is 0 Å². The number of amides is 1. The van der Waals surface area contributed by atoms with Gasteiger partial charge in [0.15, 0.2) is 5.82 Å². The Kier molecular flexibility index (Phi) is 6.59. The van der Waals surface area contributed by atoms with Gasteiger partial charge in [-0.2, -0.15) is 0 Å². The van der Waals surface area contributed by atoms with Gasteiger partial charge in [0.1, 0.15) is 5.82 Å². The topological polar surface area (TPSA) is 87.6 Å². The maximum atomic E-state index is 12.5. The average Bonchev–Trinajstić information content (AvgIpc) is 3.26. The van der Waals surface area contributed by atoms with Crippen LogP contribution in [0.15, 0.2) is 30.3 Å². The van der Waals surface area contributed by atoms with Crippen LogP contribution in [0, 0.1) is 5.92 Å². The number of carbonyl (C=O) groups is 1. The Morgan fingerprint density at radius 3 is 2.73 bits per heavy atom. The number of anilines is 1.